The van der Waals surface area contributed by atoms with Gasteiger partial charge in [-0.2, -0.15) is 0 Å². The largest absolute Gasteiger partial charge is 0.379 e. The first-order chi connectivity index (χ1) is 9.67. The Bertz CT molecular complexity index is 481. The third-order valence-electron chi connectivity index (χ3n) is 4.21. The second kappa shape index (κ2) is 6.36. The van der Waals surface area contributed by atoms with Crippen LogP contribution < -0.4 is 5.73 Å². The third kappa shape index (κ3) is 3.07. The monoisotopic (exact) mass is 356 g/mol. The molecule has 2 heterocycles. The lowest BCUT2D eigenvalue weighted by molar-refractivity contribution is 0.0455. The highest BCUT2D eigenvalue weighted by Gasteiger charge is 2.30. The van der Waals surface area contributed by atoms with Crippen LogP contribution in [0.25, 0.3) is 0 Å². The first-order valence-corrected chi connectivity index (χ1v) is 8.78. The molecule has 0 aromatic heterocycles. The van der Waals surface area contributed by atoms with Crippen molar-refractivity contribution in [3.05, 3.63) is 28.2 Å². The van der Waals surface area contributed by atoms with Crippen LogP contribution in [-0.2, 0) is 4.74 Å². The normalized spacial score (nSPS) is 27.8. The molecule has 2 atom stereocenters. The van der Waals surface area contributed by atoms with Gasteiger partial charge in [0.1, 0.15) is 0 Å². The Balaban J connectivity index is 1.72. The molecule has 0 spiro atoms. The van der Waals surface area contributed by atoms with Crippen LogP contribution in [0, 0.1) is 5.92 Å². The van der Waals surface area contributed by atoms with Crippen LogP contribution in [0.15, 0.2) is 27.6 Å². The van der Waals surface area contributed by atoms with E-state index in [2.05, 4.69) is 46.1 Å². The summed E-state index contributed by atoms with van der Waals surface area (Å²) in [6.07, 6.45) is 1.17. The molecular formula is C15H21BrN2OS. The molecule has 110 valence electrons. The van der Waals surface area contributed by atoms with Crippen molar-refractivity contribution in [2.24, 2.45) is 11.7 Å². The third-order valence-corrected chi connectivity index (χ3v) is 6.34. The summed E-state index contributed by atoms with van der Waals surface area (Å²) in [5.74, 6) is 0.630. The van der Waals surface area contributed by atoms with E-state index in [1.165, 1.54) is 21.4 Å². The van der Waals surface area contributed by atoms with E-state index in [0.29, 0.717) is 17.2 Å². The van der Waals surface area contributed by atoms with Crippen LogP contribution in [0.5, 0.6) is 0 Å². The quantitative estimate of drug-likeness (QED) is 0.899. The van der Waals surface area contributed by atoms with Gasteiger partial charge in [0.2, 0.25) is 0 Å². The summed E-state index contributed by atoms with van der Waals surface area (Å²) in [5, 5.41) is 0.618. The van der Waals surface area contributed by atoms with Crippen LogP contribution in [-0.4, -0.2) is 43.5 Å². The number of likely N-dealkylation sites (tertiary alicyclic amines) is 1. The van der Waals surface area contributed by atoms with E-state index in [1.54, 1.807) is 0 Å². The molecule has 20 heavy (non-hydrogen) atoms. The number of thioether (sulfide) groups is 1. The molecule has 0 amide bonds. The van der Waals surface area contributed by atoms with E-state index in [1.807, 2.05) is 11.8 Å². The number of hydrogen-bond donors (Lipinski definition) is 1. The van der Waals surface area contributed by atoms with Crippen molar-refractivity contribution in [1.29, 1.82) is 0 Å². The SMILES string of the molecule is CN1CC(CN)CC1c1ccc(SC2COC2)c(Br)c1. The molecule has 2 aliphatic rings. The van der Waals surface area contributed by atoms with Gasteiger partial charge in [0.15, 0.2) is 0 Å². The molecule has 3 nitrogen and oxygen atoms in total. The first kappa shape index (κ1) is 14.9. The molecule has 2 aliphatic heterocycles. The molecule has 1 aromatic rings. The molecule has 0 radical (unpaired) electrons. The van der Waals surface area contributed by atoms with Crippen LogP contribution in [0.2, 0.25) is 0 Å². The average Bonchev–Trinajstić information content (AvgIpc) is 2.76. The Labute approximate surface area is 133 Å². The van der Waals surface area contributed by atoms with Crippen LogP contribution in [0.1, 0.15) is 18.0 Å². The van der Waals surface area contributed by atoms with E-state index >= 15 is 0 Å². The number of benzene rings is 1. The average molecular weight is 357 g/mol. The van der Waals surface area contributed by atoms with Gasteiger partial charge in [-0.25, -0.2) is 0 Å². The highest BCUT2D eigenvalue weighted by Crippen LogP contribution is 2.38. The number of nitrogens with zero attached hydrogens (tertiary/aromatic N) is 1. The summed E-state index contributed by atoms with van der Waals surface area (Å²) < 4.78 is 6.44. The highest BCUT2D eigenvalue weighted by atomic mass is 79.9. The number of rotatable bonds is 4. The van der Waals surface area contributed by atoms with Crippen molar-refractivity contribution < 1.29 is 4.74 Å². The summed E-state index contributed by atoms with van der Waals surface area (Å²) >= 11 is 5.63. The van der Waals surface area contributed by atoms with Gasteiger partial charge in [-0.15, -0.1) is 11.8 Å². The number of nitrogens with two attached hydrogens (primary N) is 1. The maximum Gasteiger partial charge on any atom is 0.0611 e. The van der Waals surface area contributed by atoms with Gasteiger partial charge in [-0.05, 0) is 59.6 Å². The van der Waals surface area contributed by atoms with Crippen molar-refractivity contribution >= 4 is 27.7 Å². The summed E-state index contributed by atoms with van der Waals surface area (Å²) in [6.45, 7) is 3.65. The smallest absolute Gasteiger partial charge is 0.0611 e. The number of halogens is 1. The van der Waals surface area contributed by atoms with Crippen LogP contribution in [0.4, 0.5) is 0 Å². The van der Waals surface area contributed by atoms with Crippen molar-refractivity contribution in [2.45, 2.75) is 22.6 Å². The molecule has 3 rings (SSSR count). The topological polar surface area (TPSA) is 38.5 Å². The Hall–Kier alpha value is -0.0700. The van der Waals surface area contributed by atoms with Gasteiger partial charge in [0.25, 0.3) is 0 Å². The second-order valence-electron chi connectivity index (χ2n) is 5.76. The Morgan fingerprint density at radius 1 is 1.45 bits per heavy atom. The van der Waals surface area contributed by atoms with E-state index in [4.69, 9.17) is 10.5 Å². The summed E-state index contributed by atoms with van der Waals surface area (Å²) in [7, 11) is 2.20. The molecule has 0 aliphatic carbocycles. The molecular weight excluding hydrogens is 336 g/mol. The number of hydrogen-bond acceptors (Lipinski definition) is 4. The Morgan fingerprint density at radius 3 is 2.80 bits per heavy atom. The maximum atomic E-state index is 5.82. The maximum absolute atomic E-state index is 5.82. The van der Waals surface area contributed by atoms with Crippen LogP contribution in [0.3, 0.4) is 0 Å². The van der Waals surface area contributed by atoms with Crippen molar-refractivity contribution in [3.8, 4) is 0 Å². The lowest BCUT2D eigenvalue weighted by Crippen LogP contribution is -2.30. The first-order valence-electron chi connectivity index (χ1n) is 7.11. The number of ether oxygens (including phenoxy) is 1. The molecule has 1 aromatic carbocycles. The standard InChI is InChI=1S/C15H21BrN2OS/c1-18-7-10(6-17)4-14(18)11-2-3-15(13(16)5-11)20-12-8-19-9-12/h2-3,5,10,12,14H,4,6-9,17H2,1H3. The van der Waals surface area contributed by atoms with Gasteiger partial charge >= 0.3 is 0 Å². The molecule has 2 N–H and O–H groups in total. The fourth-order valence-electron chi connectivity index (χ4n) is 2.95. The van der Waals surface area contributed by atoms with E-state index in [-0.39, 0.29) is 0 Å². The summed E-state index contributed by atoms with van der Waals surface area (Å²) in [6, 6.07) is 7.30. The van der Waals surface area contributed by atoms with E-state index in [9.17, 15) is 0 Å². The second-order valence-corrected chi connectivity index (χ2v) is 7.96. The van der Waals surface area contributed by atoms with Gasteiger partial charge < -0.3 is 10.5 Å². The summed E-state index contributed by atoms with van der Waals surface area (Å²) in [5.41, 5.74) is 7.21. The minimum Gasteiger partial charge on any atom is -0.379 e. The zero-order chi connectivity index (χ0) is 14.1. The fourth-order valence-corrected chi connectivity index (χ4v) is 4.63. The Morgan fingerprint density at radius 2 is 2.25 bits per heavy atom. The molecule has 2 saturated heterocycles. The van der Waals surface area contributed by atoms with E-state index < -0.39 is 0 Å². The lowest BCUT2D eigenvalue weighted by atomic mass is 10.00. The molecule has 2 fully saturated rings. The Kier molecular flexibility index (Phi) is 4.72. The zero-order valence-electron chi connectivity index (χ0n) is 11.7. The highest BCUT2D eigenvalue weighted by molar-refractivity contribution is 9.10. The van der Waals surface area contributed by atoms with Gasteiger partial charge in [0.05, 0.1) is 18.5 Å². The van der Waals surface area contributed by atoms with Gasteiger partial charge in [0, 0.05) is 22.0 Å². The van der Waals surface area contributed by atoms with Crippen molar-refractivity contribution in [1.82, 2.24) is 4.90 Å². The minimum absolute atomic E-state index is 0.505. The summed E-state index contributed by atoms with van der Waals surface area (Å²) in [4.78, 5) is 3.74. The molecule has 0 saturated carbocycles. The van der Waals surface area contributed by atoms with E-state index in [0.717, 1.165) is 26.3 Å². The molecule has 0 bridgehead atoms. The van der Waals surface area contributed by atoms with Crippen LogP contribution >= 0.6 is 27.7 Å². The molecule has 2 unspecified atom stereocenters. The fraction of sp³-hybridized carbons (Fsp3) is 0.600. The lowest BCUT2D eigenvalue weighted by Gasteiger charge is -2.26. The minimum atomic E-state index is 0.505. The van der Waals surface area contributed by atoms with Gasteiger partial charge in [-0.3, -0.25) is 4.90 Å². The molecule has 5 heteroatoms. The predicted molar refractivity (Wildman–Crippen MR) is 87.1 cm³/mol. The van der Waals surface area contributed by atoms with Crippen molar-refractivity contribution in [2.75, 3.05) is 33.4 Å². The van der Waals surface area contributed by atoms with Gasteiger partial charge in [-0.1, -0.05) is 6.07 Å². The predicted octanol–water partition coefficient (Wildman–Crippen LogP) is 2.89. The zero-order valence-corrected chi connectivity index (χ0v) is 14.1. The van der Waals surface area contributed by atoms with Crippen molar-refractivity contribution in [3.63, 3.8) is 0 Å².